The molecule has 2 N–H and O–H groups in total. The fourth-order valence-electron chi connectivity index (χ4n) is 2.22. The Balaban J connectivity index is 2.09. The third kappa shape index (κ3) is 4.62. The monoisotopic (exact) mass is 364 g/mol. The van der Waals surface area contributed by atoms with Crippen LogP contribution in [0, 0.1) is 5.41 Å². The molecule has 2 amide bonds. The number of nitrogens with one attached hydrogen (secondary N) is 2. The van der Waals surface area contributed by atoms with Crippen molar-refractivity contribution in [2.75, 3.05) is 5.32 Å². The van der Waals surface area contributed by atoms with E-state index in [1.54, 1.807) is 0 Å². The van der Waals surface area contributed by atoms with Gasteiger partial charge < -0.3 is 10.6 Å². The van der Waals surface area contributed by atoms with Gasteiger partial charge in [-0.25, -0.2) is 0 Å². The molecule has 0 aliphatic heterocycles. The summed E-state index contributed by atoms with van der Waals surface area (Å²) in [7, 11) is 0. The zero-order valence-electron chi connectivity index (χ0n) is 14.4. The van der Waals surface area contributed by atoms with Crippen LogP contribution in [-0.4, -0.2) is 11.8 Å². The average molecular weight is 364 g/mol. The van der Waals surface area contributed by atoms with E-state index in [-0.39, 0.29) is 12.2 Å². The molecule has 0 atom stereocenters. The Bertz CT molecular complexity index is 787. The van der Waals surface area contributed by atoms with Crippen LogP contribution in [0.25, 0.3) is 0 Å². The van der Waals surface area contributed by atoms with Crippen LogP contribution in [0.1, 0.15) is 25.0 Å². The number of para-hydroxylation sites is 1. The van der Waals surface area contributed by atoms with Crippen molar-refractivity contribution in [3.63, 3.8) is 0 Å². The number of hydrogen-bond donors (Lipinski definition) is 2. The van der Waals surface area contributed by atoms with Gasteiger partial charge in [-0.05, 0) is 31.5 Å². The van der Waals surface area contributed by atoms with Crippen LogP contribution in [-0.2, 0) is 22.3 Å². The smallest absolute Gasteiger partial charge is 0.351 e. The Labute approximate surface area is 149 Å². The third-order valence-electron chi connectivity index (χ3n) is 3.91. The number of alkyl halides is 3. The van der Waals surface area contributed by atoms with Gasteiger partial charge in [-0.1, -0.05) is 42.5 Å². The summed E-state index contributed by atoms with van der Waals surface area (Å²) in [5.41, 5.74) is -2.05. The zero-order valence-corrected chi connectivity index (χ0v) is 14.4. The zero-order chi connectivity index (χ0) is 19.4. The Morgan fingerprint density at radius 1 is 0.885 bits per heavy atom. The molecule has 0 bridgehead atoms. The molecule has 2 aromatic carbocycles. The second kappa shape index (κ2) is 7.59. The van der Waals surface area contributed by atoms with Crippen molar-refractivity contribution in [3.05, 3.63) is 65.7 Å². The van der Waals surface area contributed by atoms with Crippen LogP contribution >= 0.6 is 0 Å². The molecule has 0 radical (unpaired) electrons. The lowest BCUT2D eigenvalue weighted by Crippen LogP contribution is -2.45. The molecule has 138 valence electrons. The summed E-state index contributed by atoms with van der Waals surface area (Å²) in [4.78, 5) is 24.8. The molecule has 0 unspecified atom stereocenters. The molecule has 7 heteroatoms. The fraction of sp³-hybridized carbons (Fsp3) is 0.263. The number of hydrogen-bond acceptors (Lipinski definition) is 2. The highest BCUT2D eigenvalue weighted by molar-refractivity contribution is 6.10. The second-order valence-corrected chi connectivity index (χ2v) is 6.29. The van der Waals surface area contributed by atoms with Crippen LogP contribution in [0.5, 0.6) is 0 Å². The molecular weight excluding hydrogens is 345 g/mol. The molecule has 2 rings (SSSR count). The Hall–Kier alpha value is -2.83. The SMILES string of the molecule is CC(C)(C(=O)NCc1ccccc1)C(=O)Nc1ccccc1C(F)(F)F. The van der Waals surface area contributed by atoms with Crippen LogP contribution < -0.4 is 10.6 Å². The molecule has 0 heterocycles. The summed E-state index contributed by atoms with van der Waals surface area (Å²) in [5, 5.41) is 4.85. The number of anilines is 1. The number of halogens is 3. The molecule has 0 aliphatic rings. The first-order chi connectivity index (χ1) is 12.1. The van der Waals surface area contributed by atoms with Gasteiger partial charge in [0.15, 0.2) is 0 Å². The van der Waals surface area contributed by atoms with Gasteiger partial charge in [0.2, 0.25) is 11.8 Å². The maximum Gasteiger partial charge on any atom is 0.418 e. The second-order valence-electron chi connectivity index (χ2n) is 6.29. The minimum atomic E-state index is -4.61. The van der Waals surface area contributed by atoms with Crippen molar-refractivity contribution in [3.8, 4) is 0 Å². The molecule has 0 saturated carbocycles. The van der Waals surface area contributed by atoms with Crippen LogP contribution in [0.4, 0.5) is 18.9 Å². The van der Waals surface area contributed by atoms with Crippen molar-refractivity contribution < 1.29 is 22.8 Å². The van der Waals surface area contributed by atoms with Crippen LogP contribution in [0.2, 0.25) is 0 Å². The van der Waals surface area contributed by atoms with Gasteiger partial charge in [-0.15, -0.1) is 0 Å². The first-order valence-electron chi connectivity index (χ1n) is 7.92. The number of carbonyl (C=O) groups is 2. The summed E-state index contributed by atoms with van der Waals surface area (Å²) >= 11 is 0. The predicted octanol–water partition coefficient (Wildman–Crippen LogP) is 3.99. The summed E-state index contributed by atoms with van der Waals surface area (Å²) in [6.45, 7) is 2.94. The van der Waals surface area contributed by atoms with Crippen LogP contribution in [0.3, 0.4) is 0 Å². The van der Waals surface area contributed by atoms with E-state index in [2.05, 4.69) is 10.6 Å². The number of rotatable bonds is 5. The minimum absolute atomic E-state index is 0.218. The number of amides is 2. The fourth-order valence-corrected chi connectivity index (χ4v) is 2.22. The first kappa shape index (κ1) is 19.5. The maximum absolute atomic E-state index is 13.0. The van der Waals surface area contributed by atoms with E-state index in [0.29, 0.717) is 0 Å². The lowest BCUT2D eigenvalue weighted by molar-refractivity contribution is -0.138. The van der Waals surface area contributed by atoms with Crippen molar-refractivity contribution in [2.24, 2.45) is 5.41 Å². The van der Waals surface area contributed by atoms with E-state index >= 15 is 0 Å². The van der Waals surface area contributed by atoms with Gasteiger partial charge in [-0.3, -0.25) is 9.59 Å². The Morgan fingerprint density at radius 3 is 2.08 bits per heavy atom. The normalized spacial score (nSPS) is 11.7. The Morgan fingerprint density at radius 2 is 1.46 bits per heavy atom. The average Bonchev–Trinajstić information content (AvgIpc) is 2.60. The minimum Gasteiger partial charge on any atom is -0.351 e. The molecule has 26 heavy (non-hydrogen) atoms. The topological polar surface area (TPSA) is 58.2 Å². The summed E-state index contributed by atoms with van der Waals surface area (Å²) in [5.74, 6) is -1.40. The lowest BCUT2D eigenvalue weighted by Gasteiger charge is -2.24. The van der Waals surface area contributed by atoms with Crippen molar-refractivity contribution >= 4 is 17.5 Å². The predicted molar refractivity (Wildman–Crippen MR) is 92.1 cm³/mol. The molecule has 4 nitrogen and oxygen atoms in total. The van der Waals surface area contributed by atoms with E-state index < -0.39 is 29.0 Å². The quantitative estimate of drug-likeness (QED) is 0.789. The van der Waals surface area contributed by atoms with E-state index in [1.807, 2.05) is 30.3 Å². The van der Waals surface area contributed by atoms with Gasteiger partial charge in [0.05, 0.1) is 11.3 Å². The highest BCUT2D eigenvalue weighted by Crippen LogP contribution is 2.35. The van der Waals surface area contributed by atoms with Gasteiger partial charge in [0.25, 0.3) is 0 Å². The molecule has 0 saturated heterocycles. The van der Waals surface area contributed by atoms with Gasteiger partial charge in [-0.2, -0.15) is 13.2 Å². The molecule has 0 aromatic heterocycles. The molecule has 0 aliphatic carbocycles. The van der Waals surface area contributed by atoms with Gasteiger partial charge >= 0.3 is 6.18 Å². The molecule has 0 fully saturated rings. The molecule has 2 aromatic rings. The van der Waals surface area contributed by atoms with Crippen molar-refractivity contribution in [1.29, 1.82) is 0 Å². The lowest BCUT2D eigenvalue weighted by atomic mass is 9.90. The standard InChI is InChI=1S/C19H19F3N2O2/c1-18(2,16(25)23-12-13-8-4-3-5-9-13)17(26)24-15-11-7-6-10-14(15)19(20,21)22/h3-11H,12H2,1-2H3,(H,23,25)(H,24,26). The summed E-state index contributed by atoms with van der Waals surface area (Å²) in [6.07, 6.45) is -4.61. The number of carbonyl (C=O) groups excluding carboxylic acids is 2. The van der Waals surface area contributed by atoms with Gasteiger partial charge in [0.1, 0.15) is 5.41 Å². The van der Waals surface area contributed by atoms with Crippen molar-refractivity contribution in [2.45, 2.75) is 26.6 Å². The van der Waals surface area contributed by atoms with E-state index in [0.717, 1.165) is 17.7 Å². The van der Waals surface area contributed by atoms with E-state index in [4.69, 9.17) is 0 Å². The number of benzene rings is 2. The molecule has 0 spiro atoms. The highest BCUT2D eigenvalue weighted by Gasteiger charge is 2.38. The summed E-state index contributed by atoms with van der Waals surface area (Å²) < 4.78 is 39.1. The third-order valence-corrected chi connectivity index (χ3v) is 3.91. The van der Waals surface area contributed by atoms with E-state index in [1.165, 1.54) is 26.0 Å². The molecular formula is C19H19F3N2O2. The van der Waals surface area contributed by atoms with Crippen LogP contribution in [0.15, 0.2) is 54.6 Å². The highest BCUT2D eigenvalue weighted by atomic mass is 19.4. The maximum atomic E-state index is 13.0. The summed E-state index contributed by atoms with van der Waals surface area (Å²) in [6, 6.07) is 13.7. The Kier molecular flexibility index (Phi) is 5.69. The van der Waals surface area contributed by atoms with E-state index in [9.17, 15) is 22.8 Å². The first-order valence-corrected chi connectivity index (χ1v) is 7.92. The van der Waals surface area contributed by atoms with Crippen molar-refractivity contribution in [1.82, 2.24) is 5.32 Å². The largest absolute Gasteiger partial charge is 0.418 e. The van der Waals surface area contributed by atoms with Gasteiger partial charge in [0, 0.05) is 6.54 Å².